The van der Waals surface area contributed by atoms with Crippen LogP contribution in [0.3, 0.4) is 0 Å². The third-order valence-electron chi connectivity index (χ3n) is 6.00. The molecule has 33 heavy (non-hydrogen) atoms. The number of carbonyl (C=O) groups is 1. The van der Waals surface area contributed by atoms with Gasteiger partial charge < -0.3 is 15.0 Å². The maximum atomic E-state index is 13.1. The quantitative estimate of drug-likeness (QED) is 0.390. The monoisotopic (exact) mass is 461 g/mol. The van der Waals surface area contributed by atoms with E-state index in [1.165, 1.54) is 6.07 Å². The number of sulfonamides is 1. The van der Waals surface area contributed by atoms with Crippen LogP contribution in [0.15, 0.2) is 77.8 Å². The first kappa shape index (κ1) is 21.2. The Morgan fingerprint density at radius 3 is 2.64 bits per heavy atom. The second-order valence-electron chi connectivity index (χ2n) is 8.01. The van der Waals surface area contributed by atoms with Gasteiger partial charge in [0.25, 0.3) is 0 Å². The van der Waals surface area contributed by atoms with Crippen LogP contribution in [0.25, 0.3) is 10.9 Å². The number of rotatable bonds is 7. The number of fused-ring (bicyclic) bond motifs is 2. The van der Waals surface area contributed by atoms with E-state index in [0.717, 1.165) is 27.8 Å². The normalized spacial score (nSPS) is 14.2. The molecule has 3 aromatic carbocycles. The summed E-state index contributed by atoms with van der Waals surface area (Å²) in [6.07, 6.45) is 2.11. The van der Waals surface area contributed by atoms with E-state index >= 15 is 0 Å². The fourth-order valence-electron chi connectivity index (χ4n) is 4.28. The summed E-state index contributed by atoms with van der Waals surface area (Å²) in [6.45, 7) is 0.171. The van der Waals surface area contributed by atoms with Crippen LogP contribution in [-0.4, -0.2) is 33.0 Å². The molecule has 1 unspecified atom stereocenters. The maximum Gasteiger partial charge on any atom is 0.240 e. The third kappa shape index (κ3) is 4.10. The molecule has 1 atom stereocenters. The van der Waals surface area contributed by atoms with Crippen LogP contribution in [0.5, 0.6) is 5.75 Å². The summed E-state index contributed by atoms with van der Waals surface area (Å²) in [5.74, 6) is 0.379. The van der Waals surface area contributed by atoms with Crippen molar-refractivity contribution in [2.75, 3.05) is 19.0 Å². The molecule has 0 spiro atoms. The fraction of sp³-hybridized carbons (Fsp3) is 0.160. The van der Waals surface area contributed by atoms with E-state index in [2.05, 4.69) is 15.0 Å². The lowest BCUT2D eigenvalue weighted by Crippen LogP contribution is -2.29. The number of nitrogens with one attached hydrogen (secondary N) is 3. The van der Waals surface area contributed by atoms with Crippen LogP contribution < -0.4 is 14.8 Å². The Balaban J connectivity index is 1.47. The molecule has 1 aliphatic heterocycles. The second kappa shape index (κ2) is 8.38. The van der Waals surface area contributed by atoms with E-state index in [9.17, 15) is 13.2 Å². The predicted octanol–water partition coefficient (Wildman–Crippen LogP) is 3.78. The highest BCUT2D eigenvalue weighted by molar-refractivity contribution is 7.89. The Hall–Kier alpha value is -3.62. The smallest absolute Gasteiger partial charge is 0.240 e. The third-order valence-corrected chi connectivity index (χ3v) is 7.43. The molecule has 5 rings (SSSR count). The van der Waals surface area contributed by atoms with Crippen molar-refractivity contribution in [3.8, 4) is 5.75 Å². The predicted molar refractivity (Wildman–Crippen MR) is 127 cm³/mol. The average Bonchev–Trinajstić information content (AvgIpc) is 3.42. The van der Waals surface area contributed by atoms with Crippen LogP contribution in [-0.2, 0) is 21.2 Å². The van der Waals surface area contributed by atoms with Gasteiger partial charge >= 0.3 is 0 Å². The van der Waals surface area contributed by atoms with E-state index in [0.29, 0.717) is 11.3 Å². The van der Waals surface area contributed by atoms with E-state index in [-0.39, 0.29) is 29.7 Å². The average molecular weight is 462 g/mol. The topological polar surface area (TPSA) is 100 Å². The number of amides is 1. The van der Waals surface area contributed by atoms with Gasteiger partial charge in [-0.25, -0.2) is 13.1 Å². The highest BCUT2D eigenvalue weighted by Crippen LogP contribution is 2.32. The van der Waals surface area contributed by atoms with Crippen molar-refractivity contribution in [2.45, 2.75) is 17.2 Å². The Labute approximate surface area is 191 Å². The Kier molecular flexibility index (Phi) is 5.39. The molecule has 1 amide bonds. The molecule has 0 bridgehead atoms. The number of hydrogen-bond donors (Lipinski definition) is 3. The van der Waals surface area contributed by atoms with Crippen molar-refractivity contribution in [3.63, 3.8) is 0 Å². The van der Waals surface area contributed by atoms with E-state index < -0.39 is 10.0 Å². The van der Waals surface area contributed by atoms with E-state index in [1.807, 2.05) is 54.7 Å². The molecular formula is C25H23N3O4S. The molecule has 0 fully saturated rings. The molecule has 3 N–H and O–H groups in total. The van der Waals surface area contributed by atoms with Gasteiger partial charge in [0.1, 0.15) is 5.75 Å². The summed E-state index contributed by atoms with van der Waals surface area (Å²) in [6, 6.07) is 20.3. The van der Waals surface area contributed by atoms with Crippen LogP contribution in [0.2, 0.25) is 0 Å². The van der Waals surface area contributed by atoms with E-state index in [4.69, 9.17) is 4.74 Å². The summed E-state index contributed by atoms with van der Waals surface area (Å²) in [5.41, 5.74) is 4.30. The van der Waals surface area contributed by atoms with Gasteiger partial charge in [0.2, 0.25) is 15.9 Å². The minimum absolute atomic E-state index is 0.133. The van der Waals surface area contributed by atoms with Crippen molar-refractivity contribution >= 4 is 32.5 Å². The zero-order valence-electron chi connectivity index (χ0n) is 18.0. The van der Waals surface area contributed by atoms with Gasteiger partial charge in [-0.1, -0.05) is 30.3 Å². The number of hydrogen-bond acceptors (Lipinski definition) is 4. The van der Waals surface area contributed by atoms with Crippen molar-refractivity contribution in [1.29, 1.82) is 0 Å². The summed E-state index contributed by atoms with van der Waals surface area (Å²) in [7, 11) is -2.17. The minimum Gasteiger partial charge on any atom is -0.497 e. The Morgan fingerprint density at radius 1 is 1.06 bits per heavy atom. The first-order chi connectivity index (χ1) is 15.9. The minimum atomic E-state index is -3.78. The van der Waals surface area contributed by atoms with Crippen LogP contribution in [0.4, 0.5) is 5.69 Å². The Bertz CT molecular complexity index is 1440. The summed E-state index contributed by atoms with van der Waals surface area (Å²) in [5, 5.41) is 3.77. The van der Waals surface area contributed by atoms with Gasteiger partial charge in [0, 0.05) is 35.2 Å². The molecular weight excluding hydrogens is 438 g/mol. The number of aromatic nitrogens is 1. The van der Waals surface area contributed by atoms with Gasteiger partial charge in [-0.15, -0.1) is 0 Å². The van der Waals surface area contributed by atoms with E-state index in [1.54, 1.807) is 19.2 Å². The molecule has 1 aromatic heterocycles. The van der Waals surface area contributed by atoms with Crippen molar-refractivity contribution in [2.24, 2.45) is 0 Å². The fourth-order valence-corrected chi connectivity index (χ4v) is 5.37. The van der Waals surface area contributed by atoms with Crippen molar-refractivity contribution < 1.29 is 17.9 Å². The maximum absolute atomic E-state index is 13.1. The number of carbonyl (C=O) groups excluding carboxylic acids is 1. The van der Waals surface area contributed by atoms with Crippen molar-refractivity contribution in [1.82, 2.24) is 9.71 Å². The Morgan fingerprint density at radius 2 is 1.85 bits per heavy atom. The number of para-hydroxylation sites is 1. The second-order valence-corrected chi connectivity index (χ2v) is 9.78. The molecule has 4 aromatic rings. The summed E-state index contributed by atoms with van der Waals surface area (Å²) >= 11 is 0. The molecule has 2 heterocycles. The van der Waals surface area contributed by atoms with Crippen LogP contribution in [0, 0.1) is 0 Å². The summed E-state index contributed by atoms with van der Waals surface area (Å²) in [4.78, 5) is 15.1. The number of benzene rings is 3. The van der Waals surface area contributed by atoms with Crippen molar-refractivity contribution in [3.05, 3.63) is 89.6 Å². The van der Waals surface area contributed by atoms with Gasteiger partial charge in [0.05, 0.1) is 18.4 Å². The molecule has 168 valence electrons. The zero-order valence-corrected chi connectivity index (χ0v) is 18.8. The SMILES string of the molecule is COc1ccc(C(CNS(=O)(=O)c2ccc3c(c2)CC(=O)N3)c2c[nH]c3ccccc23)cc1. The van der Waals surface area contributed by atoms with Gasteiger partial charge in [0.15, 0.2) is 0 Å². The lowest BCUT2D eigenvalue weighted by Gasteiger charge is -2.19. The molecule has 1 aliphatic rings. The molecule has 7 nitrogen and oxygen atoms in total. The zero-order chi connectivity index (χ0) is 23.0. The first-order valence-electron chi connectivity index (χ1n) is 10.6. The first-order valence-corrected chi connectivity index (χ1v) is 12.1. The lowest BCUT2D eigenvalue weighted by atomic mass is 9.91. The lowest BCUT2D eigenvalue weighted by molar-refractivity contribution is -0.115. The molecule has 0 saturated carbocycles. The largest absolute Gasteiger partial charge is 0.497 e. The number of ether oxygens (including phenoxy) is 1. The highest BCUT2D eigenvalue weighted by Gasteiger charge is 2.24. The molecule has 8 heteroatoms. The highest BCUT2D eigenvalue weighted by atomic mass is 32.2. The standard InChI is InChI=1S/C25H23N3O4S/c1-32-18-8-6-16(7-9-18)21(22-14-26-24-5-3-2-4-20(22)24)15-27-33(30,31)19-10-11-23-17(12-19)13-25(29)28-23/h2-12,14,21,26-27H,13,15H2,1H3,(H,28,29). The number of methoxy groups -OCH3 is 1. The van der Waals surface area contributed by atoms with Gasteiger partial charge in [-0.2, -0.15) is 0 Å². The summed E-state index contributed by atoms with van der Waals surface area (Å²) < 4.78 is 34.3. The molecule has 0 aliphatic carbocycles. The number of aromatic amines is 1. The van der Waals surface area contributed by atoms with Gasteiger partial charge in [-0.05, 0) is 53.1 Å². The number of H-pyrrole nitrogens is 1. The molecule has 0 saturated heterocycles. The number of anilines is 1. The van der Waals surface area contributed by atoms with Gasteiger partial charge in [-0.3, -0.25) is 4.79 Å². The van der Waals surface area contributed by atoms with Crippen LogP contribution >= 0.6 is 0 Å². The molecule has 0 radical (unpaired) electrons. The van der Waals surface area contributed by atoms with Crippen LogP contribution in [0.1, 0.15) is 22.6 Å².